The third kappa shape index (κ3) is 3.45. The summed E-state index contributed by atoms with van der Waals surface area (Å²) in [4.78, 5) is 36.5. The largest absolute Gasteiger partial charge is 0.387 e. The quantitative estimate of drug-likeness (QED) is 0.572. The third-order valence-corrected chi connectivity index (χ3v) is 5.22. The zero-order valence-electron chi connectivity index (χ0n) is 13.4. The zero-order valence-corrected chi connectivity index (χ0v) is 14.2. The van der Waals surface area contributed by atoms with E-state index in [0.29, 0.717) is 10.6 Å². The molecule has 0 spiro atoms. The van der Waals surface area contributed by atoms with Gasteiger partial charge in [-0.3, -0.25) is 30.6 Å². The first-order chi connectivity index (χ1) is 12.0. The number of hydrazine groups is 1. The first-order valence-electron chi connectivity index (χ1n) is 7.68. The second kappa shape index (κ2) is 6.89. The van der Waals surface area contributed by atoms with Crippen molar-refractivity contribution in [1.82, 2.24) is 10.9 Å². The number of hydrogen-bond donors (Lipinski definition) is 3. The minimum atomic E-state index is -0.634. The molecule has 1 heterocycles. The minimum absolute atomic E-state index is 0.0747. The van der Waals surface area contributed by atoms with Crippen LogP contribution in [0.4, 0.5) is 11.4 Å². The van der Waals surface area contributed by atoms with Gasteiger partial charge in [-0.2, -0.15) is 0 Å². The van der Waals surface area contributed by atoms with Crippen molar-refractivity contribution in [2.45, 2.75) is 19.3 Å². The van der Waals surface area contributed by atoms with Gasteiger partial charge in [-0.1, -0.05) is 0 Å². The maximum Gasteiger partial charge on any atom is 0.279 e. The number of nitro benzene ring substituents is 1. The fraction of sp³-hybridized carbons (Fsp3) is 0.250. The summed E-state index contributed by atoms with van der Waals surface area (Å²) in [5.74, 6) is -1.03. The number of aryl methyl sites for hydroxylation is 2. The molecule has 0 bridgehead atoms. The van der Waals surface area contributed by atoms with Crippen LogP contribution >= 0.6 is 11.3 Å². The fourth-order valence-electron chi connectivity index (χ4n) is 2.74. The molecule has 0 atom stereocenters. The number of nitrogens with one attached hydrogen (secondary N) is 3. The number of thiophene rings is 1. The molecular formula is C16H16N4O4S. The van der Waals surface area contributed by atoms with Gasteiger partial charge in [0, 0.05) is 29.7 Å². The number of anilines is 1. The highest BCUT2D eigenvalue weighted by molar-refractivity contribution is 7.14. The van der Waals surface area contributed by atoms with Crippen molar-refractivity contribution in [3.05, 3.63) is 55.3 Å². The Morgan fingerprint density at radius 1 is 1.16 bits per heavy atom. The van der Waals surface area contributed by atoms with E-state index < -0.39 is 16.7 Å². The van der Waals surface area contributed by atoms with Gasteiger partial charge in [0.25, 0.3) is 17.5 Å². The van der Waals surface area contributed by atoms with Gasteiger partial charge in [0.15, 0.2) is 0 Å². The van der Waals surface area contributed by atoms with Gasteiger partial charge in [0.2, 0.25) is 0 Å². The predicted molar refractivity (Wildman–Crippen MR) is 93.9 cm³/mol. The van der Waals surface area contributed by atoms with Crippen molar-refractivity contribution in [3.63, 3.8) is 0 Å². The number of non-ortho nitro benzene ring substituents is 1. The van der Waals surface area contributed by atoms with Gasteiger partial charge < -0.3 is 5.32 Å². The molecule has 0 fully saturated rings. The van der Waals surface area contributed by atoms with E-state index in [9.17, 15) is 19.7 Å². The first-order valence-corrected chi connectivity index (χ1v) is 8.49. The maximum atomic E-state index is 12.3. The molecule has 1 aliphatic carbocycles. The Bertz CT molecular complexity index is 840. The van der Waals surface area contributed by atoms with Crippen molar-refractivity contribution in [1.29, 1.82) is 0 Å². The highest BCUT2D eigenvalue weighted by atomic mass is 32.1. The first kappa shape index (κ1) is 16.9. The van der Waals surface area contributed by atoms with Crippen molar-refractivity contribution < 1.29 is 14.5 Å². The lowest BCUT2D eigenvalue weighted by Crippen LogP contribution is -2.41. The van der Waals surface area contributed by atoms with Crippen molar-refractivity contribution >= 4 is 34.5 Å². The number of amides is 2. The number of fused-ring (bicyclic) bond motifs is 1. The van der Waals surface area contributed by atoms with Crippen LogP contribution in [0.25, 0.3) is 0 Å². The molecule has 0 unspecified atom stereocenters. The topological polar surface area (TPSA) is 113 Å². The van der Waals surface area contributed by atoms with Gasteiger partial charge in [-0.15, -0.1) is 11.3 Å². The van der Waals surface area contributed by atoms with Crippen LogP contribution < -0.4 is 16.2 Å². The van der Waals surface area contributed by atoms with E-state index in [1.54, 1.807) is 7.05 Å². The summed E-state index contributed by atoms with van der Waals surface area (Å²) in [5.41, 5.74) is 6.16. The molecule has 130 valence electrons. The summed E-state index contributed by atoms with van der Waals surface area (Å²) in [6.45, 7) is 0. The molecule has 25 heavy (non-hydrogen) atoms. The average Bonchev–Trinajstić information content (AvgIpc) is 3.20. The highest BCUT2D eigenvalue weighted by Crippen LogP contribution is 2.30. The van der Waals surface area contributed by atoms with E-state index in [-0.39, 0.29) is 11.3 Å². The summed E-state index contributed by atoms with van der Waals surface area (Å²) in [5, 5.41) is 13.7. The lowest BCUT2D eigenvalue weighted by atomic mass is 10.1. The summed E-state index contributed by atoms with van der Waals surface area (Å²) in [6, 6.07) is 5.75. The van der Waals surface area contributed by atoms with Crippen LogP contribution in [-0.4, -0.2) is 23.8 Å². The molecule has 8 nitrogen and oxygen atoms in total. The number of carbonyl (C=O) groups is 2. The number of benzene rings is 1. The van der Waals surface area contributed by atoms with Crippen LogP contribution in [0.2, 0.25) is 0 Å². The van der Waals surface area contributed by atoms with Crippen molar-refractivity contribution in [2.75, 3.05) is 12.4 Å². The molecule has 1 aliphatic rings. The van der Waals surface area contributed by atoms with Gasteiger partial charge in [0.05, 0.1) is 15.4 Å². The number of nitrogens with zero attached hydrogens (tertiary/aromatic N) is 1. The van der Waals surface area contributed by atoms with Crippen molar-refractivity contribution in [2.24, 2.45) is 0 Å². The van der Waals surface area contributed by atoms with Crippen LogP contribution in [0.5, 0.6) is 0 Å². The van der Waals surface area contributed by atoms with Gasteiger partial charge in [0.1, 0.15) is 0 Å². The van der Waals surface area contributed by atoms with E-state index in [1.165, 1.54) is 33.9 Å². The van der Waals surface area contributed by atoms with Crippen LogP contribution in [0.1, 0.15) is 36.9 Å². The molecule has 2 amide bonds. The molecular weight excluding hydrogens is 344 g/mol. The van der Waals surface area contributed by atoms with Crippen LogP contribution in [0, 0.1) is 10.1 Å². The zero-order chi connectivity index (χ0) is 18.0. The summed E-state index contributed by atoms with van der Waals surface area (Å²) in [7, 11) is 1.60. The van der Waals surface area contributed by atoms with Gasteiger partial charge in [-0.05, 0) is 37.0 Å². The number of hydrogen-bond acceptors (Lipinski definition) is 6. The van der Waals surface area contributed by atoms with E-state index in [1.807, 2.05) is 6.07 Å². The molecule has 0 radical (unpaired) electrons. The third-order valence-electron chi connectivity index (χ3n) is 3.99. The smallest absolute Gasteiger partial charge is 0.279 e. The predicted octanol–water partition coefficient (Wildman–Crippen LogP) is 2.26. The Morgan fingerprint density at radius 2 is 1.92 bits per heavy atom. The number of nitro groups is 1. The van der Waals surface area contributed by atoms with E-state index in [4.69, 9.17) is 0 Å². The molecule has 0 saturated carbocycles. The van der Waals surface area contributed by atoms with Crippen LogP contribution in [0.3, 0.4) is 0 Å². The Kier molecular flexibility index (Phi) is 4.66. The Morgan fingerprint density at radius 3 is 2.60 bits per heavy atom. The number of carbonyl (C=O) groups excluding carboxylic acids is 2. The second-order valence-corrected chi connectivity index (χ2v) is 6.69. The summed E-state index contributed by atoms with van der Waals surface area (Å²) >= 11 is 1.43. The molecule has 1 aromatic carbocycles. The normalized spacial score (nSPS) is 12.4. The Hall–Kier alpha value is -2.94. The Balaban J connectivity index is 1.70. The summed E-state index contributed by atoms with van der Waals surface area (Å²) in [6.07, 6.45) is 3.07. The summed E-state index contributed by atoms with van der Waals surface area (Å²) < 4.78 is 0. The van der Waals surface area contributed by atoms with Crippen molar-refractivity contribution in [3.8, 4) is 0 Å². The Labute approximate surface area is 147 Å². The number of rotatable bonds is 4. The second-order valence-electron chi connectivity index (χ2n) is 5.56. The highest BCUT2D eigenvalue weighted by Gasteiger charge is 2.20. The molecule has 3 N–H and O–H groups in total. The lowest BCUT2D eigenvalue weighted by molar-refractivity contribution is -0.384. The molecule has 3 rings (SSSR count). The van der Waals surface area contributed by atoms with Crippen LogP contribution in [0.15, 0.2) is 24.3 Å². The fourth-order valence-corrected chi connectivity index (χ4v) is 3.88. The molecule has 0 aliphatic heterocycles. The molecule has 0 saturated heterocycles. The van der Waals surface area contributed by atoms with Gasteiger partial charge >= 0.3 is 0 Å². The van der Waals surface area contributed by atoms with E-state index >= 15 is 0 Å². The van der Waals surface area contributed by atoms with E-state index in [2.05, 4.69) is 16.2 Å². The molecule has 9 heteroatoms. The standard InChI is InChI=1S/C16H16N4O4S/c1-17-12-6-5-10(20(23)24)8-11(12)15(21)18-19-16(22)14-7-9-3-2-4-13(9)25-14/h5-8,17H,2-4H2,1H3,(H,18,21)(H,19,22). The van der Waals surface area contributed by atoms with Crippen LogP contribution in [-0.2, 0) is 12.8 Å². The van der Waals surface area contributed by atoms with E-state index in [0.717, 1.165) is 25.3 Å². The minimum Gasteiger partial charge on any atom is -0.387 e. The van der Waals surface area contributed by atoms with Gasteiger partial charge in [-0.25, -0.2) is 0 Å². The SMILES string of the molecule is CNc1ccc([N+](=O)[O-])cc1C(=O)NNC(=O)c1cc2c(s1)CCC2. The maximum absolute atomic E-state index is 12.3. The molecule has 2 aromatic rings. The monoisotopic (exact) mass is 360 g/mol. The average molecular weight is 360 g/mol. The lowest BCUT2D eigenvalue weighted by Gasteiger charge is -2.10. The molecule has 1 aromatic heterocycles.